The lowest BCUT2D eigenvalue weighted by Crippen LogP contribution is -2.41. The van der Waals surface area contributed by atoms with Crippen molar-refractivity contribution in [3.05, 3.63) is 71.3 Å². The van der Waals surface area contributed by atoms with E-state index in [2.05, 4.69) is 24.4 Å². The van der Waals surface area contributed by atoms with Gasteiger partial charge in [0.2, 0.25) is 5.91 Å². The lowest BCUT2D eigenvalue weighted by atomic mass is 10.1. The minimum atomic E-state index is -0.512. The van der Waals surface area contributed by atoms with Gasteiger partial charge < -0.3 is 11.1 Å². The highest BCUT2D eigenvalue weighted by atomic mass is 16.2. The second-order valence-corrected chi connectivity index (χ2v) is 5.18. The third-order valence-electron chi connectivity index (χ3n) is 3.53. The minimum Gasteiger partial charge on any atom is -0.351 e. The van der Waals surface area contributed by atoms with E-state index in [1.54, 1.807) is 0 Å². The number of rotatable bonds is 6. The predicted molar refractivity (Wildman–Crippen MR) is 85.8 cm³/mol. The molecule has 2 rings (SSSR count). The first-order chi connectivity index (χ1) is 10.2. The molecule has 0 radical (unpaired) electrons. The maximum atomic E-state index is 12.0. The van der Waals surface area contributed by atoms with Crippen molar-refractivity contribution in [3.8, 4) is 0 Å². The average Bonchev–Trinajstić information content (AvgIpc) is 2.54. The molecule has 3 N–H and O–H groups in total. The van der Waals surface area contributed by atoms with Crippen molar-refractivity contribution in [3.63, 3.8) is 0 Å². The zero-order valence-corrected chi connectivity index (χ0v) is 12.4. The molecule has 110 valence electrons. The number of hydrogen-bond donors (Lipinski definition) is 2. The SMILES string of the molecule is CCc1ccc(CNC(=O)C(N)Cc2ccccc2)cc1. The Kier molecular flexibility index (Phi) is 5.52. The molecular formula is C18H22N2O. The molecule has 0 spiro atoms. The number of hydrogen-bond acceptors (Lipinski definition) is 2. The van der Waals surface area contributed by atoms with Gasteiger partial charge in [0.15, 0.2) is 0 Å². The summed E-state index contributed by atoms with van der Waals surface area (Å²) in [4.78, 5) is 12.0. The van der Waals surface area contributed by atoms with Crippen LogP contribution in [0.4, 0.5) is 0 Å². The van der Waals surface area contributed by atoms with Crippen LogP contribution < -0.4 is 11.1 Å². The van der Waals surface area contributed by atoms with Crippen LogP contribution in [-0.4, -0.2) is 11.9 Å². The van der Waals surface area contributed by atoms with E-state index in [-0.39, 0.29) is 5.91 Å². The van der Waals surface area contributed by atoms with Crippen molar-refractivity contribution < 1.29 is 4.79 Å². The van der Waals surface area contributed by atoms with Gasteiger partial charge in [-0.05, 0) is 29.5 Å². The topological polar surface area (TPSA) is 55.1 Å². The second kappa shape index (κ2) is 7.60. The summed E-state index contributed by atoms with van der Waals surface area (Å²) in [6, 6.07) is 17.6. The van der Waals surface area contributed by atoms with E-state index < -0.39 is 6.04 Å². The maximum absolute atomic E-state index is 12.0. The molecule has 21 heavy (non-hydrogen) atoms. The van der Waals surface area contributed by atoms with Gasteiger partial charge in [0.05, 0.1) is 6.04 Å². The van der Waals surface area contributed by atoms with Crippen LogP contribution in [-0.2, 0) is 24.2 Å². The Bertz CT molecular complexity index is 564. The first-order valence-corrected chi connectivity index (χ1v) is 7.34. The molecule has 0 heterocycles. The summed E-state index contributed by atoms with van der Waals surface area (Å²) in [7, 11) is 0. The van der Waals surface area contributed by atoms with Gasteiger partial charge in [0.1, 0.15) is 0 Å². The summed E-state index contributed by atoms with van der Waals surface area (Å²) < 4.78 is 0. The summed E-state index contributed by atoms with van der Waals surface area (Å²) in [5.41, 5.74) is 9.41. The lowest BCUT2D eigenvalue weighted by molar-refractivity contribution is -0.122. The van der Waals surface area contributed by atoms with E-state index in [9.17, 15) is 4.79 Å². The summed E-state index contributed by atoms with van der Waals surface area (Å²) in [6.07, 6.45) is 1.58. The van der Waals surface area contributed by atoms with Crippen LogP contribution in [0.5, 0.6) is 0 Å². The average molecular weight is 282 g/mol. The Morgan fingerprint density at radius 1 is 1.00 bits per heavy atom. The van der Waals surface area contributed by atoms with Gasteiger partial charge >= 0.3 is 0 Å². The molecule has 1 amide bonds. The molecule has 0 saturated carbocycles. The Balaban J connectivity index is 1.83. The van der Waals surface area contributed by atoms with E-state index in [0.717, 1.165) is 17.5 Å². The fraction of sp³-hybridized carbons (Fsp3) is 0.278. The first kappa shape index (κ1) is 15.3. The normalized spacial score (nSPS) is 11.9. The van der Waals surface area contributed by atoms with Crippen molar-refractivity contribution in [2.75, 3.05) is 0 Å². The summed E-state index contributed by atoms with van der Waals surface area (Å²) in [5.74, 6) is -0.113. The second-order valence-electron chi connectivity index (χ2n) is 5.18. The number of carbonyl (C=O) groups excluding carboxylic acids is 1. The Morgan fingerprint density at radius 3 is 2.24 bits per heavy atom. The van der Waals surface area contributed by atoms with Crippen LogP contribution in [0.3, 0.4) is 0 Å². The number of benzene rings is 2. The molecule has 2 aromatic carbocycles. The van der Waals surface area contributed by atoms with E-state index in [1.807, 2.05) is 42.5 Å². The highest BCUT2D eigenvalue weighted by molar-refractivity contribution is 5.81. The molecule has 2 aromatic rings. The number of aryl methyl sites for hydroxylation is 1. The van der Waals surface area contributed by atoms with Crippen molar-refractivity contribution in [2.24, 2.45) is 5.73 Å². The fourth-order valence-electron chi connectivity index (χ4n) is 2.17. The van der Waals surface area contributed by atoms with Gasteiger partial charge in [-0.1, -0.05) is 61.5 Å². The molecule has 0 fully saturated rings. The number of nitrogens with one attached hydrogen (secondary N) is 1. The van der Waals surface area contributed by atoms with Gasteiger partial charge in [0, 0.05) is 6.54 Å². The summed E-state index contributed by atoms with van der Waals surface area (Å²) in [5, 5.41) is 2.89. The van der Waals surface area contributed by atoms with E-state index >= 15 is 0 Å². The monoisotopic (exact) mass is 282 g/mol. The molecule has 0 aliphatic carbocycles. The maximum Gasteiger partial charge on any atom is 0.237 e. The van der Waals surface area contributed by atoms with Gasteiger partial charge in [-0.15, -0.1) is 0 Å². The molecule has 3 nitrogen and oxygen atoms in total. The van der Waals surface area contributed by atoms with Crippen molar-refractivity contribution in [1.82, 2.24) is 5.32 Å². The fourth-order valence-corrected chi connectivity index (χ4v) is 2.17. The molecule has 1 atom stereocenters. The minimum absolute atomic E-state index is 0.113. The number of amides is 1. The molecule has 0 aliphatic rings. The van der Waals surface area contributed by atoms with E-state index in [4.69, 9.17) is 5.73 Å². The number of carbonyl (C=O) groups is 1. The standard InChI is InChI=1S/C18H22N2O/c1-2-14-8-10-16(11-9-14)13-20-18(21)17(19)12-15-6-4-3-5-7-15/h3-11,17H,2,12-13,19H2,1H3,(H,20,21). The van der Waals surface area contributed by atoms with Gasteiger partial charge in [0.25, 0.3) is 0 Å². The molecule has 3 heteroatoms. The number of nitrogens with two attached hydrogens (primary N) is 1. The van der Waals surface area contributed by atoms with Gasteiger partial charge in [-0.3, -0.25) is 4.79 Å². The Morgan fingerprint density at radius 2 is 1.62 bits per heavy atom. The molecule has 1 unspecified atom stereocenters. The third-order valence-corrected chi connectivity index (χ3v) is 3.53. The smallest absolute Gasteiger partial charge is 0.237 e. The zero-order valence-electron chi connectivity index (χ0n) is 12.4. The largest absolute Gasteiger partial charge is 0.351 e. The van der Waals surface area contributed by atoms with Crippen LogP contribution in [0.15, 0.2) is 54.6 Å². The van der Waals surface area contributed by atoms with E-state index in [1.165, 1.54) is 5.56 Å². The van der Waals surface area contributed by atoms with Crippen LogP contribution in [0, 0.1) is 0 Å². The zero-order chi connectivity index (χ0) is 15.1. The molecule has 0 saturated heterocycles. The van der Waals surface area contributed by atoms with Crippen LogP contribution >= 0.6 is 0 Å². The van der Waals surface area contributed by atoms with Crippen molar-refractivity contribution >= 4 is 5.91 Å². The van der Waals surface area contributed by atoms with Crippen LogP contribution in [0.25, 0.3) is 0 Å². The van der Waals surface area contributed by atoms with Crippen molar-refractivity contribution in [1.29, 1.82) is 0 Å². The Labute approximate surface area is 126 Å². The first-order valence-electron chi connectivity index (χ1n) is 7.34. The molecule has 0 aromatic heterocycles. The van der Waals surface area contributed by atoms with Crippen molar-refractivity contribution in [2.45, 2.75) is 32.4 Å². The van der Waals surface area contributed by atoms with E-state index in [0.29, 0.717) is 13.0 Å². The highest BCUT2D eigenvalue weighted by Gasteiger charge is 2.13. The van der Waals surface area contributed by atoms with Gasteiger partial charge in [-0.2, -0.15) is 0 Å². The van der Waals surface area contributed by atoms with Gasteiger partial charge in [-0.25, -0.2) is 0 Å². The lowest BCUT2D eigenvalue weighted by Gasteiger charge is -2.12. The molecule has 0 bridgehead atoms. The quantitative estimate of drug-likeness (QED) is 0.855. The summed E-state index contributed by atoms with van der Waals surface area (Å²) >= 11 is 0. The third kappa shape index (κ3) is 4.72. The van der Waals surface area contributed by atoms with Crippen LogP contribution in [0.1, 0.15) is 23.6 Å². The Hall–Kier alpha value is -2.13. The molecule has 0 aliphatic heterocycles. The molecular weight excluding hydrogens is 260 g/mol. The highest BCUT2D eigenvalue weighted by Crippen LogP contribution is 2.05. The predicted octanol–water partition coefficient (Wildman–Crippen LogP) is 2.44. The summed E-state index contributed by atoms with van der Waals surface area (Å²) in [6.45, 7) is 2.64. The van der Waals surface area contributed by atoms with Crippen LogP contribution in [0.2, 0.25) is 0 Å².